The molecule has 2 aliphatic rings. The smallest absolute Gasteiger partial charge is 0.261 e. The number of rotatable bonds is 5. The topological polar surface area (TPSA) is 104 Å². The van der Waals surface area contributed by atoms with E-state index in [-0.39, 0.29) is 39.9 Å². The lowest BCUT2D eigenvalue weighted by molar-refractivity contribution is -0.117. The molecule has 0 aromatic heterocycles. The van der Waals surface area contributed by atoms with E-state index in [1.165, 1.54) is 41.3 Å². The standard InChI is InChI=1S/C22H27N3O5S2/c1-15-5-4-6-16(2)25(15)32(29,30)19-9-7-18(8-10-19)23-31(27,28)20-11-12-21-17(13-20)14-22(26)24(21)3/h7-13,15-16,23H,4-6,14H2,1-3H3/t15-,16+. The maximum absolute atomic E-state index is 13.1. The van der Waals surface area contributed by atoms with Crippen molar-refractivity contribution in [2.24, 2.45) is 0 Å². The van der Waals surface area contributed by atoms with Crippen LogP contribution in [0.1, 0.15) is 38.7 Å². The number of nitrogens with zero attached hydrogens (tertiary/aromatic N) is 2. The van der Waals surface area contributed by atoms with Crippen LogP contribution >= 0.6 is 0 Å². The molecule has 0 bridgehead atoms. The summed E-state index contributed by atoms with van der Waals surface area (Å²) in [5, 5.41) is 0. The lowest BCUT2D eigenvalue weighted by Crippen LogP contribution is -2.47. The van der Waals surface area contributed by atoms with Gasteiger partial charge < -0.3 is 4.90 Å². The van der Waals surface area contributed by atoms with Gasteiger partial charge in [-0.25, -0.2) is 16.8 Å². The van der Waals surface area contributed by atoms with Gasteiger partial charge in [-0.3, -0.25) is 9.52 Å². The normalized spacial score (nSPS) is 22.1. The summed E-state index contributed by atoms with van der Waals surface area (Å²) in [4.78, 5) is 13.5. The van der Waals surface area contributed by atoms with E-state index in [0.717, 1.165) is 19.3 Å². The Hall–Kier alpha value is -2.43. The number of amides is 1. The van der Waals surface area contributed by atoms with Gasteiger partial charge in [-0.2, -0.15) is 4.31 Å². The molecule has 172 valence electrons. The number of hydrogen-bond acceptors (Lipinski definition) is 5. The van der Waals surface area contributed by atoms with Crippen molar-refractivity contribution in [1.29, 1.82) is 0 Å². The lowest BCUT2D eigenvalue weighted by atomic mass is 10.0. The van der Waals surface area contributed by atoms with E-state index < -0.39 is 20.0 Å². The Morgan fingerprint density at radius 3 is 2.12 bits per heavy atom. The van der Waals surface area contributed by atoms with E-state index in [2.05, 4.69) is 4.72 Å². The van der Waals surface area contributed by atoms with Crippen molar-refractivity contribution < 1.29 is 21.6 Å². The van der Waals surface area contributed by atoms with Gasteiger partial charge in [0.2, 0.25) is 15.9 Å². The highest BCUT2D eigenvalue weighted by atomic mass is 32.2. The monoisotopic (exact) mass is 477 g/mol. The molecule has 1 N–H and O–H groups in total. The molecule has 1 amide bonds. The molecule has 0 unspecified atom stereocenters. The molecule has 2 aliphatic heterocycles. The van der Waals surface area contributed by atoms with Gasteiger partial charge in [0.05, 0.1) is 16.2 Å². The average molecular weight is 478 g/mol. The van der Waals surface area contributed by atoms with Crippen LogP contribution in [0.4, 0.5) is 11.4 Å². The van der Waals surface area contributed by atoms with E-state index in [4.69, 9.17) is 0 Å². The summed E-state index contributed by atoms with van der Waals surface area (Å²) in [7, 11) is -5.91. The van der Waals surface area contributed by atoms with Crippen LogP contribution < -0.4 is 9.62 Å². The SMILES string of the molecule is C[C@@H]1CCC[C@H](C)N1S(=O)(=O)c1ccc(NS(=O)(=O)c2ccc3c(c2)CC(=O)N3C)cc1. The fourth-order valence-electron chi connectivity index (χ4n) is 4.52. The predicted octanol–water partition coefficient (Wildman–Crippen LogP) is 2.96. The Morgan fingerprint density at radius 1 is 0.906 bits per heavy atom. The first kappa shape index (κ1) is 22.8. The number of carbonyl (C=O) groups excluding carboxylic acids is 1. The molecular weight excluding hydrogens is 450 g/mol. The second kappa shape index (κ2) is 8.17. The molecule has 10 heteroatoms. The van der Waals surface area contributed by atoms with Crippen LogP contribution in [0.5, 0.6) is 0 Å². The Labute approximate surface area is 189 Å². The third kappa shape index (κ3) is 4.02. The van der Waals surface area contributed by atoms with E-state index in [1.807, 2.05) is 13.8 Å². The molecular formula is C22H27N3O5S2. The molecule has 0 aliphatic carbocycles. The Balaban J connectivity index is 1.55. The summed E-state index contributed by atoms with van der Waals surface area (Å²) in [6, 6.07) is 10.2. The highest BCUT2D eigenvalue weighted by molar-refractivity contribution is 7.92. The lowest BCUT2D eigenvalue weighted by Gasteiger charge is -2.37. The van der Waals surface area contributed by atoms with Gasteiger partial charge in [-0.15, -0.1) is 0 Å². The zero-order chi connectivity index (χ0) is 23.3. The fourth-order valence-corrected chi connectivity index (χ4v) is 7.51. The van der Waals surface area contributed by atoms with Crippen LogP contribution in [0.15, 0.2) is 52.3 Å². The first-order chi connectivity index (χ1) is 15.0. The van der Waals surface area contributed by atoms with Gasteiger partial charge in [0.25, 0.3) is 10.0 Å². The van der Waals surface area contributed by atoms with Crippen molar-refractivity contribution >= 4 is 37.3 Å². The van der Waals surface area contributed by atoms with Gasteiger partial charge >= 0.3 is 0 Å². The number of piperidine rings is 1. The van der Waals surface area contributed by atoms with Crippen LogP contribution in [-0.4, -0.2) is 46.2 Å². The van der Waals surface area contributed by atoms with Crippen LogP contribution in [0.2, 0.25) is 0 Å². The van der Waals surface area contributed by atoms with Crippen LogP contribution in [0, 0.1) is 0 Å². The van der Waals surface area contributed by atoms with Crippen molar-refractivity contribution in [2.45, 2.75) is 61.4 Å². The molecule has 8 nitrogen and oxygen atoms in total. The largest absolute Gasteiger partial charge is 0.315 e. The van der Waals surface area contributed by atoms with Crippen LogP contribution in [0.25, 0.3) is 0 Å². The summed E-state index contributed by atoms with van der Waals surface area (Å²) >= 11 is 0. The second-order valence-corrected chi connectivity index (χ2v) is 12.0. The van der Waals surface area contributed by atoms with E-state index in [9.17, 15) is 21.6 Å². The zero-order valence-electron chi connectivity index (χ0n) is 18.3. The maximum Gasteiger partial charge on any atom is 0.261 e. The molecule has 0 saturated carbocycles. The van der Waals surface area contributed by atoms with Gasteiger partial charge in [0, 0.05) is 30.5 Å². The molecule has 2 heterocycles. The zero-order valence-corrected chi connectivity index (χ0v) is 19.9. The summed E-state index contributed by atoms with van der Waals surface area (Å²) in [5.41, 5.74) is 1.62. The summed E-state index contributed by atoms with van der Waals surface area (Å²) < 4.78 is 56.0. The number of anilines is 2. The quantitative estimate of drug-likeness (QED) is 0.713. The maximum atomic E-state index is 13.1. The van der Waals surface area contributed by atoms with Crippen molar-refractivity contribution in [3.8, 4) is 0 Å². The Kier molecular flexibility index (Phi) is 5.81. The Morgan fingerprint density at radius 2 is 1.50 bits per heavy atom. The molecule has 0 spiro atoms. The van der Waals surface area contributed by atoms with Gasteiger partial charge in [-0.1, -0.05) is 6.42 Å². The number of nitrogens with one attached hydrogen (secondary N) is 1. The second-order valence-electron chi connectivity index (χ2n) is 8.51. The molecule has 32 heavy (non-hydrogen) atoms. The molecule has 2 aromatic carbocycles. The average Bonchev–Trinajstić information content (AvgIpc) is 3.01. The molecule has 1 fully saturated rings. The van der Waals surface area contributed by atoms with Crippen molar-refractivity contribution in [2.75, 3.05) is 16.7 Å². The minimum Gasteiger partial charge on any atom is -0.315 e. The minimum atomic E-state index is -3.90. The highest BCUT2D eigenvalue weighted by Gasteiger charge is 2.35. The van der Waals surface area contributed by atoms with Gasteiger partial charge in [0.15, 0.2) is 0 Å². The van der Waals surface area contributed by atoms with Gasteiger partial charge in [0.1, 0.15) is 0 Å². The van der Waals surface area contributed by atoms with Crippen molar-refractivity contribution in [3.05, 3.63) is 48.0 Å². The summed E-state index contributed by atoms with van der Waals surface area (Å²) in [6.45, 7) is 3.83. The number of carbonyl (C=O) groups is 1. The molecule has 0 radical (unpaired) electrons. The number of hydrogen-bond donors (Lipinski definition) is 1. The number of fused-ring (bicyclic) bond motifs is 1. The van der Waals surface area contributed by atoms with E-state index >= 15 is 0 Å². The third-order valence-electron chi connectivity index (χ3n) is 6.23. The fraction of sp³-hybridized carbons (Fsp3) is 0.409. The first-order valence-electron chi connectivity index (χ1n) is 10.6. The van der Waals surface area contributed by atoms with Crippen molar-refractivity contribution in [1.82, 2.24) is 4.31 Å². The van der Waals surface area contributed by atoms with E-state index in [1.54, 1.807) is 17.4 Å². The summed E-state index contributed by atoms with van der Waals surface area (Å²) in [5.74, 6) is -0.0864. The minimum absolute atomic E-state index is 0.0482. The molecule has 4 rings (SSSR count). The molecule has 2 atom stereocenters. The predicted molar refractivity (Wildman–Crippen MR) is 123 cm³/mol. The first-order valence-corrected chi connectivity index (χ1v) is 13.5. The van der Waals surface area contributed by atoms with Crippen LogP contribution in [0.3, 0.4) is 0 Å². The van der Waals surface area contributed by atoms with Crippen LogP contribution in [-0.2, 0) is 31.3 Å². The number of sulfonamides is 2. The van der Waals surface area contributed by atoms with E-state index in [0.29, 0.717) is 11.3 Å². The third-order valence-corrected chi connectivity index (χ3v) is 9.75. The number of benzene rings is 2. The summed E-state index contributed by atoms with van der Waals surface area (Å²) in [6.07, 6.45) is 2.81. The van der Waals surface area contributed by atoms with Crippen molar-refractivity contribution in [3.63, 3.8) is 0 Å². The highest BCUT2D eigenvalue weighted by Crippen LogP contribution is 2.32. The molecule has 1 saturated heterocycles. The number of likely N-dealkylation sites (N-methyl/N-ethyl adjacent to an activating group) is 1. The molecule has 2 aromatic rings. The van der Waals surface area contributed by atoms with Gasteiger partial charge in [-0.05, 0) is 74.7 Å². The Bertz CT molecular complexity index is 1250.